The van der Waals surface area contributed by atoms with Gasteiger partial charge in [0.1, 0.15) is 17.7 Å². The van der Waals surface area contributed by atoms with Gasteiger partial charge in [0.25, 0.3) is 0 Å². The summed E-state index contributed by atoms with van der Waals surface area (Å²) in [5, 5.41) is 10.0. The molecular formula is C20H20N2O2S. The normalized spacial score (nSPS) is 13.4. The molecular weight excluding hydrogens is 332 g/mol. The minimum atomic E-state index is -0.297. The zero-order valence-corrected chi connectivity index (χ0v) is 14.8. The van der Waals surface area contributed by atoms with Crippen molar-refractivity contribution >= 4 is 17.7 Å². The highest BCUT2D eigenvalue weighted by atomic mass is 32.2. The molecule has 5 heteroatoms. The first-order valence-electron chi connectivity index (χ1n) is 8.51. The predicted molar refractivity (Wildman–Crippen MR) is 97.2 cm³/mol. The number of hydrogen-bond acceptors (Lipinski definition) is 5. The maximum absolute atomic E-state index is 12.0. The van der Waals surface area contributed by atoms with Gasteiger partial charge in [0.05, 0.1) is 11.3 Å². The molecule has 0 aliphatic heterocycles. The van der Waals surface area contributed by atoms with Gasteiger partial charge in [0.2, 0.25) is 0 Å². The molecule has 0 saturated carbocycles. The molecule has 1 aromatic carbocycles. The molecule has 0 unspecified atom stereocenters. The molecule has 0 atom stereocenters. The van der Waals surface area contributed by atoms with Crippen LogP contribution in [0.25, 0.3) is 0 Å². The average Bonchev–Trinajstić information content (AvgIpc) is 2.89. The van der Waals surface area contributed by atoms with Gasteiger partial charge in [-0.2, -0.15) is 5.26 Å². The van der Waals surface area contributed by atoms with Gasteiger partial charge >= 0.3 is 5.97 Å². The van der Waals surface area contributed by atoms with Gasteiger partial charge in [-0.1, -0.05) is 48.5 Å². The van der Waals surface area contributed by atoms with Crippen LogP contribution in [0.2, 0.25) is 0 Å². The van der Waals surface area contributed by atoms with Gasteiger partial charge in [-0.25, -0.2) is 4.98 Å². The second-order valence-corrected chi connectivity index (χ2v) is 7.02. The van der Waals surface area contributed by atoms with Gasteiger partial charge in [0.15, 0.2) is 0 Å². The first-order chi connectivity index (χ1) is 12.3. The molecule has 2 aromatic rings. The van der Waals surface area contributed by atoms with Gasteiger partial charge in [-0.15, -0.1) is 0 Å². The van der Waals surface area contributed by atoms with E-state index in [2.05, 4.69) is 11.1 Å². The number of pyridine rings is 1. The molecule has 0 radical (unpaired) electrons. The van der Waals surface area contributed by atoms with Gasteiger partial charge < -0.3 is 4.74 Å². The number of aromatic nitrogens is 1. The molecule has 1 heterocycles. The smallest absolute Gasteiger partial charge is 0.316 e. The number of nitriles is 1. The van der Waals surface area contributed by atoms with Crippen molar-refractivity contribution in [3.05, 3.63) is 58.8 Å². The molecule has 4 nitrogen and oxygen atoms in total. The SMILES string of the molecule is N#Cc1cc2c(nc1SCC(=O)OCc1ccccc1)CCCCC2. The minimum absolute atomic E-state index is 0.160. The van der Waals surface area contributed by atoms with Crippen LogP contribution in [0, 0.1) is 11.3 Å². The van der Waals surface area contributed by atoms with Crippen LogP contribution < -0.4 is 0 Å². The number of hydrogen-bond donors (Lipinski definition) is 0. The molecule has 0 fully saturated rings. The van der Waals surface area contributed by atoms with Gasteiger partial charge in [-0.3, -0.25) is 4.79 Å². The number of benzene rings is 1. The number of thioether (sulfide) groups is 1. The third-order valence-corrected chi connectivity index (χ3v) is 5.17. The standard InChI is InChI=1S/C20H20N2O2S/c21-12-17-11-16-9-5-2-6-10-18(16)22-20(17)25-14-19(23)24-13-15-7-3-1-4-8-15/h1,3-4,7-8,11H,2,5-6,9-10,13-14H2. The second kappa shape index (κ2) is 8.68. The molecule has 0 amide bonds. The Kier molecular flexibility index (Phi) is 6.08. The van der Waals surface area contributed by atoms with E-state index in [4.69, 9.17) is 4.74 Å². The second-order valence-electron chi connectivity index (χ2n) is 6.05. The quantitative estimate of drug-likeness (QED) is 0.461. The summed E-state index contributed by atoms with van der Waals surface area (Å²) in [4.78, 5) is 16.6. The first kappa shape index (κ1) is 17.5. The van der Waals surface area contributed by atoms with Crippen LogP contribution in [-0.2, 0) is 29.0 Å². The lowest BCUT2D eigenvalue weighted by molar-refractivity contribution is -0.141. The number of esters is 1. The van der Waals surface area contributed by atoms with Gasteiger partial charge in [-0.05, 0) is 42.9 Å². The Morgan fingerprint density at radius 2 is 2.00 bits per heavy atom. The molecule has 25 heavy (non-hydrogen) atoms. The molecule has 0 saturated heterocycles. The van der Waals surface area contributed by atoms with Crippen molar-refractivity contribution in [2.24, 2.45) is 0 Å². The van der Waals surface area contributed by atoms with Crippen LogP contribution in [0.5, 0.6) is 0 Å². The Labute approximate surface area is 152 Å². The summed E-state index contributed by atoms with van der Waals surface area (Å²) in [6.07, 6.45) is 5.42. The first-order valence-corrected chi connectivity index (χ1v) is 9.50. The fourth-order valence-corrected chi connectivity index (χ4v) is 3.66. The summed E-state index contributed by atoms with van der Waals surface area (Å²) in [5.74, 6) is -0.137. The fraction of sp³-hybridized carbons (Fsp3) is 0.350. The Hall–Kier alpha value is -2.32. The topological polar surface area (TPSA) is 63.0 Å². The number of ether oxygens (including phenoxy) is 1. The van der Waals surface area contributed by atoms with Crippen molar-refractivity contribution in [1.82, 2.24) is 4.98 Å². The van der Waals surface area contributed by atoms with E-state index in [1.54, 1.807) is 0 Å². The summed E-state index contributed by atoms with van der Waals surface area (Å²) in [5.41, 5.74) is 3.78. The van der Waals surface area contributed by atoms with E-state index in [9.17, 15) is 10.1 Å². The molecule has 1 aliphatic rings. The summed E-state index contributed by atoms with van der Waals surface area (Å²) in [6, 6.07) is 13.8. The van der Waals surface area contributed by atoms with Crippen LogP contribution in [0.15, 0.2) is 41.4 Å². The van der Waals surface area contributed by atoms with Crippen LogP contribution in [-0.4, -0.2) is 16.7 Å². The van der Waals surface area contributed by atoms with Crippen LogP contribution >= 0.6 is 11.8 Å². The largest absolute Gasteiger partial charge is 0.460 e. The van der Waals surface area contributed by atoms with Crippen molar-refractivity contribution in [2.45, 2.75) is 43.7 Å². The molecule has 0 bridgehead atoms. The lowest BCUT2D eigenvalue weighted by Gasteiger charge is -2.10. The lowest BCUT2D eigenvalue weighted by Crippen LogP contribution is -2.08. The highest BCUT2D eigenvalue weighted by molar-refractivity contribution is 7.99. The van der Waals surface area contributed by atoms with E-state index in [0.717, 1.165) is 36.9 Å². The van der Waals surface area contributed by atoms with E-state index in [1.165, 1.54) is 23.7 Å². The Bertz CT molecular complexity index is 784. The van der Waals surface area contributed by atoms with Crippen LogP contribution in [0.1, 0.15) is 41.6 Å². The number of carbonyl (C=O) groups excluding carboxylic acids is 1. The number of nitrogens with zero attached hydrogens (tertiary/aromatic N) is 2. The molecule has 0 spiro atoms. The number of aryl methyl sites for hydroxylation is 2. The van der Waals surface area contributed by atoms with E-state index < -0.39 is 0 Å². The number of carbonyl (C=O) groups is 1. The van der Waals surface area contributed by atoms with Crippen molar-refractivity contribution in [3.8, 4) is 6.07 Å². The van der Waals surface area contributed by atoms with E-state index in [0.29, 0.717) is 10.6 Å². The molecule has 3 rings (SSSR count). The summed E-state index contributed by atoms with van der Waals surface area (Å²) < 4.78 is 5.29. The lowest BCUT2D eigenvalue weighted by atomic mass is 10.1. The molecule has 0 N–H and O–H groups in total. The zero-order valence-electron chi connectivity index (χ0n) is 14.0. The number of fused-ring (bicyclic) bond motifs is 1. The van der Waals surface area contributed by atoms with E-state index >= 15 is 0 Å². The van der Waals surface area contributed by atoms with E-state index in [1.807, 2.05) is 36.4 Å². The van der Waals surface area contributed by atoms with Crippen LogP contribution in [0.3, 0.4) is 0 Å². The highest BCUT2D eigenvalue weighted by Crippen LogP contribution is 2.27. The Morgan fingerprint density at radius 1 is 1.20 bits per heavy atom. The maximum Gasteiger partial charge on any atom is 0.316 e. The maximum atomic E-state index is 12.0. The summed E-state index contributed by atoms with van der Waals surface area (Å²) >= 11 is 1.29. The highest BCUT2D eigenvalue weighted by Gasteiger charge is 2.16. The van der Waals surface area contributed by atoms with Crippen molar-refractivity contribution in [3.63, 3.8) is 0 Å². The van der Waals surface area contributed by atoms with Gasteiger partial charge in [0, 0.05) is 5.69 Å². The molecule has 1 aliphatic carbocycles. The fourth-order valence-electron chi connectivity index (χ4n) is 2.89. The third kappa shape index (κ3) is 4.83. The van der Waals surface area contributed by atoms with Crippen molar-refractivity contribution in [2.75, 3.05) is 5.75 Å². The monoisotopic (exact) mass is 352 g/mol. The van der Waals surface area contributed by atoms with Crippen molar-refractivity contribution in [1.29, 1.82) is 5.26 Å². The number of rotatable bonds is 5. The minimum Gasteiger partial charge on any atom is -0.460 e. The van der Waals surface area contributed by atoms with Crippen molar-refractivity contribution < 1.29 is 9.53 Å². The Balaban J connectivity index is 1.61. The molecule has 1 aromatic heterocycles. The zero-order chi connectivity index (χ0) is 17.5. The summed E-state index contributed by atoms with van der Waals surface area (Å²) in [6.45, 7) is 0.267. The third-order valence-electron chi connectivity index (χ3n) is 4.21. The van der Waals surface area contributed by atoms with Crippen LogP contribution in [0.4, 0.5) is 0 Å². The van der Waals surface area contributed by atoms with E-state index in [-0.39, 0.29) is 18.3 Å². The predicted octanol–water partition coefficient (Wildman–Crippen LogP) is 4.06. The summed E-state index contributed by atoms with van der Waals surface area (Å²) in [7, 11) is 0. The average molecular weight is 352 g/mol. The Morgan fingerprint density at radius 3 is 2.80 bits per heavy atom. The molecule has 128 valence electrons.